The van der Waals surface area contributed by atoms with Gasteiger partial charge >= 0.3 is 0 Å². The van der Waals surface area contributed by atoms with Crippen LogP contribution in [0.2, 0.25) is 0 Å². The summed E-state index contributed by atoms with van der Waals surface area (Å²) in [5, 5.41) is 3.47. The molecule has 0 saturated heterocycles. The molecule has 3 heteroatoms. The SMILES string of the molecule is COCC(C)NCCCN(C(C)C)C(C)C. The zero-order valence-electron chi connectivity index (χ0n) is 11.9. The standard InChI is InChI=1S/C13H30N2O/c1-11(2)15(12(3)4)9-7-8-14-13(5)10-16-6/h11-14H,7-10H2,1-6H3. The van der Waals surface area contributed by atoms with Crippen LogP contribution in [0, 0.1) is 0 Å². The van der Waals surface area contributed by atoms with Gasteiger partial charge in [-0.2, -0.15) is 0 Å². The third-order valence-corrected chi connectivity index (χ3v) is 2.83. The molecule has 0 radical (unpaired) electrons. The number of nitrogens with zero attached hydrogens (tertiary/aromatic N) is 1. The minimum atomic E-state index is 0.455. The lowest BCUT2D eigenvalue weighted by molar-refractivity contribution is 0.161. The lowest BCUT2D eigenvalue weighted by atomic mass is 10.2. The van der Waals surface area contributed by atoms with E-state index in [0.29, 0.717) is 18.1 Å². The first kappa shape index (κ1) is 15.9. The van der Waals surface area contributed by atoms with Crippen LogP contribution in [0.4, 0.5) is 0 Å². The minimum Gasteiger partial charge on any atom is -0.383 e. The van der Waals surface area contributed by atoms with E-state index in [0.717, 1.165) is 13.2 Å². The van der Waals surface area contributed by atoms with Crippen LogP contribution in [0.1, 0.15) is 41.0 Å². The van der Waals surface area contributed by atoms with Crippen molar-refractivity contribution in [3.8, 4) is 0 Å². The molecule has 98 valence electrons. The van der Waals surface area contributed by atoms with E-state index in [2.05, 4.69) is 44.8 Å². The summed E-state index contributed by atoms with van der Waals surface area (Å²) in [4.78, 5) is 2.53. The molecule has 0 rings (SSSR count). The van der Waals surface area contributed by atoms with Crippen molar-refractivity contribution in [3.05, 3.63) is 0 Å². The number of rotatable bonds is 9. The Balaban J connectivity index is 3.62. The molecular weight excluding hydrogens is 200 g/mol. The van der Waals surface area contributed by atoms with Crippen LogP contribution in [0.3, 0.4) is 0 Å². The van der Waals surface area contributed by atoms with Gasteiger partial charge < -0.3 is 10.1 Å². The molecule has 1 N–H and O–H groups in total. The van der Waals surface area contributed by atoms with Gasteiger partial charge in [-0.15, -0.1) is 0 Å². The Bertz CT molecular complexity index is 152. The summed E-state index contributed by atoms with van der Waals surface area (Å²) in [7, 11) is 1.75. The molecule has 1 unspecified atom stereocenters. The molecule has 1 atom stereocenters. The summed E-state index contributed by atoms with van der Waals surface area (Å²) >= 11 is 0. The summed E-state index contributed by atoms with van der Waals surface area (Å²) in [6.07, 6.45) is 1.20. The highest BCUT2D eigenvalue weighted by Crippen LogP contribution is 2.05. The second-order valence-corrected chi connectivity index (χ2v) is 5.09. The second kappa shape index (κ2) is 8.97. The van der Waals surface area contributed by atoms with E-state index in [1.54, 1.807) is 7.11 Å². The fourth-order valence-corrected chi connectivity index (χ4v) is 2.03. The molecule has 0 bridgehead atoms. The third-order valence-electron chi connectivity index (χ3n) is 2.83. The summed E-state index contributed by atoms with van der Waals surface area (Å²) in [6, 6.07) is 1.73. The summed E-state index contributed by atoms with van der Waals surface area (Å²) < 4.78 is 5.09. The van der Waals surface area contributed by atoms with E-state index >= 15 is 0 Å². The van der Waals surface area contributed by atoms with E-state index in [-0.39, 0.29) is 0 Å². The molecule has 0 spiro atoms. The highest BCUT2D eigenvalue weighted by atomic mass is 16.5. The molecule has 0 aromatic carbocycles. The summed E-state index contributed by atoms with van der Waals surface area (Å²) in [6.45, 7) is 14.2. The average molecular weight is 230 g/mol. The maximum Gasteiger partial charge on any atom is 0.0613 e. The van der Waals surface area contributed by atoms with Crippen LogP contribution >= 0.6 is 0 Å². The maximum atomic E-state index is 5.09. The van der Waals surface area contributed by atoms with Crippen LogP contribution in [0.15, 0.2) is 0 Å². The van der Waals surface area contributed by atoms with Crippen LogP contribution < -0.4 is 5.32 Å². The topological polar surface area (TPSA) is 24.5 Å². The van der Waals surface area contributed by atoms with Crippen LogP contribution in [-0.4, -0.2) is 49.8 Å². The van der Waals surface area contributed by atoms with Crippen LogP contribution in [0.5, 0.6) is 0 Å². The molecule has 0 fully saturated rings. The number of hydrogen-bond donors (Lipinski definition) is 1. The second-order valence-electron chi connectivity index (χ2n) is 5.09. The molecule has 0 aliphatic rings. The Morgan fingerprint density at radius 1 is 1.06 bits per heavy atom. The summed E-state index contributed by atoms with van der Waals surface area (Å²) in [5.41, 5.74) is 0. The zero-order chi connectivity index (χ0) is 12.6. The van der Waals surface area contributed by atoms with Gasteiger partial charge in [0.05, 0.1) is 6.61 Å². The Labute approximate surface area is 102 Å². The molecule has 0 aliphatic carbocycles. The van der Waals surface area contributed by atoms with Crippen molar-refractivity contribution in [1.82, 2.24) is 10.2 Å². The molecular formula is C13H30N2O. The van der Waals surface area contributed by atoms with Crippen LogP contribution in [0.25, 0.3) is 0 Å². The maximum absolute atomic E-state index is 5.09. The molecule has 16 heavy (non-hydrogen) atoms. The van der Waals surface area contributed by atoms with Crippen molar-refractivity contribution in [2.75, 3.05) is 26.8 Å². The zero-order valence-corrected chi connectivity index (χ0v) is 11.9. The van der Waals surface area contributed by atoms with Gasteiger partial charge in [-0.3, -0.25) is 4.90 Å². The van der Waals surface area contributed by atoms with Gasteiger partial charge in [0.25, 0.3) is 0 Å². The Kier molecular flexibility index (Phi) is 8.90. The number of nitrogens with one attached hydrogen (secondary N) is 1. The van der Waals surface area contributed by atoms with Gasteiger partial charge in [-0.05, 0) is 54.1 Å². The lowest BCUT2D eigenvalue weighted by Crippen LogP contribution is -2.39. The average Bonchev–Trinajstić information content (AvgIpc) is 2.16. The third kappa shape index (κ3) is 7.20. The first-order valence-corrected chi connectivity index (χ1v) is 6.47. The minimum absolute atomic E-state index is 0.455. The van der Waals surface area contributed by atoms with E-state index < -0.39 is 0 Å². The molecule has 0 amide bonds. The van der Waals surface area contributed by atoms with Gasteiger partial charge in [0.15, 0.2) is 0 Å². The van der Waals surface area contributed by atoms with Crippen molar-refractivity contribution in [2.45, 2.75) is 59.2 Å². The van der Waals surface area contributed by atoms with E-state index in [1.807, 2.05) is 0 Å². The van der Waals surface area contributed by atoms with Gasteiger partial charge in [-0.1, -0.05) is 0 Å². The summed E-state index contributed by atoms with van der Waals surface area (Å²) in [5.74, 6) is 0. The first-order chi connectivity index (χ1) is 7.49. The normalized spacial score (nSPS) is 14.1. The molecule has 3 nitrogen and oxygen atoms in total. The molecule has 0 aromatic rings. The highest BCUT2D eigenvalue weighted by molar-refractivity contribution is 4.68. The van der Waals surface area contributed by atoms with Gasteiger partial charge in [0.1, 0.15) is 0 Å². The molecule has 0 aliphatic heterocycles. The molecule has 0 heterocycles. The Morgan fingerprint density at radius 3 is 2.06 bits per heavy atom. The van der Waals surface area contributed by atoms with Crippen LogP contribution in [-0.2, 0) is 4.74 Å². The van der Waals surface area contributed by atoms with E-state index in [1.165, 1.54) is 13.0 Å². The van der Waals surface area contributed by atoms with E-state index in [9.17, 15) is 0 Å². The highest BCUT2D eigenvalue weighted by Gasteiger charge is 2.12. The smallest absolute Gasteiger partial charge is 0.0613 e. The Hall–Kier alpha value is -0.120. The van der Waals surface area contributed by atoms with Crippen molar-refractivity contribution < 1.29 is 4.74 Å². The number of hydrogen-bond acceptors (Lipinski definition) is 3. The largest absolute Gasteiger partial charge is 0.383 e. The number of ether oxygens (including phenoxy) is 1. The monoisotopic (exact) mass is 230 g/mol. The van der Waals surface area contributed by atoms with Crippen molar-refractivity contribution in [2.24, 2.45) is 0 Å². The van der Waals surface area contributed by atoms with Gasteiger partial charge in [0.2, 0.25) is 0 Å². The predicted molar refractivity (Wildman–Crippen MR) is 70.9 cm³/mol. The fourth-order valence-electron chi connectivity index (χ4n) is 2.03. The van der Waals surface area contributed by atoms with Crippen molar-refractivity contribution in [3.63, 3.8) is 0 Å². The van der Waals surface area contributed by atoms with Gasteiger partial charge in [0, 0.05) is 25.2 Å². The molecule has 0 aromatic heterocycles. The predicted octanol–water partition coefficient (Wildman–Crippen LogP) is 2.12. The van der Waals surface area contributed by atoms with Crippen molar-refractivity contribution in [1.29, 1.82) is 0 Å². The first-order valence-electron chi connectivity index (χ1n) is 6.47. The number of methoxy groups -OCH3 is 1. The Morgan fingerprint density at radius 2 is 1.62 bits per heavy atom. The van der Waals surface area contributed by atoms with Crippen molar-refractivity contribution >= 4 is 0 Å². The molecule has 0 saturated carbocycles. The van der Waals surface area contributed by atoms with Gasteiger partial charge in [-0.25, -0.2) is 0 Å². The van der Waals surface area contributed by atoms with E-state index in [4.69, 9.17) is 4.74 Å². The quantitative estimate of drug-likeness (QED) is 0.614. The lowest BCUT2D eigenvalue weighted by Gasteiger charge is -2.30. The fraction of sp³-hybridized carbons (Fsp3) is 1.00.